The van der Waals surface area contributed by atoms with Gasteiger partial charge in [0.2, 0.25) is 10.0 Å². The van der Waals surface area contributed by atoms with Crippen LogP contribution in [0.3, 0.4) is 0 Å². The number of hydrogen-bond donors (Lipinski definition) is 2. The van der Waals surface area contributed by atoms with Crippen LogP contribution in [0.25, 0.3) is 0 Å². The van der Waals surface area contributed by atoms with Crippen LogP contribution in [0.1, 0.15) is 49.0 Å². The molecule has 1 aliphatic rings. The van der Waals surface area contributed by atoms with Gasteiger partial charge >= 0.3 is 0 Å². The zero-order valence-electron chi connectivity index (χ0n) is 19.5. The molecule has 0 radical (unpaired) electrons. The molecule has 2 aromatic rings. The van der Waals surface area contributed by atoms with Crippen molar-refractivity contribution in [3.05, 3.63) is 59.7 Å². The molecule has 0 aromatic heterocycles. The highest BCUT2D eigenvalue weighted by atomic mass is 32.2. The minimum absolute atomic E-state index is 0.0240. The maximum absolute atomic E-state index is 12.4. The largest absolute Gasteiger partial charge is 0.494 e. The summed E-state index contributed by atoms with van der Waals surface area (Å²) < 4.78 is 31.8. The van der Waals surface area contributed by atoms with Crippen LogP contribution in [0, 0.1) is 5.92 Å². The Labute approximate surface area is 197 Å². The van der Waals surface area contributed by atoms with Gasteiger partial charge in [0.25, 0.3) is 5.91 Å². The van der Waals surface area contributed by atoms with Gasteiger partial charge < -0.3 is 10.1 Å². The molecule has 33 heavy (non-hydrogen) atoms. The second kappa shape index (κ2) is 12.0. The lowest BCUT2D eigenvalue weighted by Gasteiger charge is -2.30. The highest BCUT2D eigenvalue weighted by Crippen LogP contribution is 2.20. The van der Waals surface area contributed by atoms with Gasteiger partial charge in [-0.15, -0.1) is 0 Å². The first-order chi connectivity index (χ1) is 15.8. The molecule has 1 heterocycles. The highest BCUT2D eigenvalue weighted by molar-refractivity contribution is 7.92. The Morgan fingerprint density at radius 2 is 2.00 bits per heavy atom. The fourth-order valence-electron chi connectivity index (χ4n) is 3.96. The first kappa shape index (κ1) is 25.1. The van der Waals surface area contributed by atoms with E-state index in [-0.39, 0.29) is 11.7 Å². The van der Waals surface area contributed by atoms with E-state index in [1.165, 1.54) is 24.5 Å². The van der Waals surface area contributed by atoms with E-state index in [0.29, 0.717) is 30.8 Å². The molecular formula is C25H35N3O4S. The zero-order valence-corrected chi connectivity index (χ0v) is 20.4. The van der Waals surface area contributed by atoms with Crippen LogP contribution >= 0.6 is 0 Å². The number of amides is 1. The minimum atomic E-state index is -3.38. The summed E-state index contributed by atoms with van der Waals surface area (Å²) in [6.07, 6.45) is 3.25. The van der Waals surface area contributed by atoms with Gasteiger partial charge in [0.05, 0.1) is 12.4 Å². The number of nitrogens with one attached hydrogen (secondary N) is 2. The SMILES string of the molecule is CCS(=O)(=O)Nc1cccc(C(=O)NCCCOc2cccc(CN3CCCC(C)C3)c2)c1. The average Bonchev–Trinajstić information content (AvgIpc) is 2.79. The van der Waals surface area contributed by atoms with E-state index in [2.05, 4.69) is 34.0 Å². The summed E-state index contributed by atoms with van der Waals surface area (Å²) >= 11 is 0. The number of benzene rings is 2. The van der Waals surface area contributed by atoms with Crippen LogP contribution < -0.4 is 14.8 Å². The number of likely N-dealkylation sites (tertiary alicyclic amines) is 1. The molecule has 0 aliphatic carbocycles. The molecular weight excluding hydrogens is 438 g/mol. The Hall–Kier alpha value is -2.58. The number of sulfonamides is 1. The number of ether oxygens (including phenoxy) is 1. The summed E-state index contributed by atoms with van der Waals surface area (Å²) in [7, 11) is -3.38. The molecule has 1 fully saturated rings. The predicted octanol–water partition coefficient (Wildman–Crippen LogP) is 3.88. The Morgan fingerprint density at radius 3 is 2.79 bits per heavy atom. The topological polar surface area (TPSA) is 87.7 Å². The zero-order chi connectivity index (χ0) is 23.7. The standard InChI is InChI=1S/C25H35N3O4S/c1-3-33(30,31)27-23-11-5-10-22(17-23)25(29)26-13-7-15-32-24-12-4-9-21(16-24)19-28-14-6-8-20(2)18-28/h4-5,9-12,16-17,20,27H,3,6-8,13-15,18-19H2,1-2H3,(H,26,29). The highest BCUT2D eigenvalue weighted by Gasteiger charge is 2.16. The number of nitrogens with zero attached hydrogens (tertiary/aromatic N) is 1. The van der Waals surface area contributed by atoms with E-state index >= 15 is 0 Å². The number of hydrogen-bond acceptors (Lipinski definition) is 5. The number of piperidine rings is 1. The van der Waals surface area contributed by atoms with E-state index < -0.39 is 10.0 Å². The predicted molar refractivity (Wildman–Crippen MR) is 132 cm³/mol. The van der Waals surface area contributed by atoms with Gasteiger partial charge in [-0.25, -0.2) is 8.42 Å². The van der Waals surface area contributed by atoms with E-state index in [1.807, 2.05) is 12.1 Å². The Balaban J connectivity index is 1.40. The van der Waals surface area contributed by atoms with Gasteiger partial charge in [-0.2, -0.15) is 0 Å². The summed E-state index contributed by atoms with van der Waals surface area (Å²) in [6, 6.07) is 14.7. The Kier molecular flexibility index (Phi) is 9.14. The molecule has 1 amide bonds. The van der Waals surface area contributed by atoms with Crippen molar-refractivity contribution in [1.29, 1.82) is 0 Å². The molecule has 7 nitrogen and oxygen atoms in total. The van der Waals surface area contributed by atoms with Gasteiger partial charge in [-0.05, 0) is 74.5 Å². The molecule has 0 spiro atoms. The van der Waals surface area contributed by atoms with Crippen molar-refractivity contribution in [3.63, 3.8) is 0 Å². The van der Waals surface area contributed by atoms with Crippen molar-refractivity contribution in [2.24, 2.45) is 5.92 Å². The average molecular weight is 474 g/mol. The maximum Gasteiger partial charge on any atom is 0.251 e. The van der Waals surface area contributed by atoms with Crippen molar-refractivity contribution in [2.75, 3.05) is 36.7 Å². The van der Waals surface area contributed by atoms with Crippen molar-refractivity contribution >= 4 is 21.6 Å². The molecule has 1 atom stereocenters. The number of rotatable bonds is 11. The second-order valence-corrected chi connectivity index (χ2v) is 10.7. The summed E-state index contributed by atoms with van der Waals surface area (Å²) in [5, 5.41) is 2.86. The molecule has 1 aliphatic heterocycles. The molecule has 2 aromatic carbocycles. The summed E-state index contributed by atoms with van der Waals surface area (Å²) in [5.41, 5.74) is 2.05. The van der Waals surface area contributed by atoms with Crippen LogP contribution in [0.5, 0.6) is 5.75 Å². The van der Waals surface area contributed by atoms with Crippen LogP contribution in [-0.4, -0.2) is 51.2 Å². The Bertz CT molecular complexity index is 1030. The van der Waals surface area contributed by atoms with E-state index in [0.717, 1.165) is 31.3 Å². The smallest absolute Gasteiger partial charge is 0.251 e. The lowest BCUT2D eigenvalue weighted by molar-refractivity contribution is 0.0951. The first-order valence-electron chi connectivity index (χ1n) is 11.7. The number of carbonyl (C=O) groups is 1. The van der Waals surface area contributed by atoms with Crippen LogP contribution in [0.2, 0.25) is 0 Å². The number of carbonyl (C=O) groups excluding carboxylic acids is 1. The monoisotopic (exact) mass is 473 g/mol. The van der Waals surface area contributed by atoms with Crippen molar-refractivity contribution in [1.82, 2.24) is 10.2 Å². The second-order valence-electron chi connectivity index (χ2n) is 8.67. The van der Waals surface area contributed by atoms with Gasteiger partial charge in [0, 0.05) is 30.9 Å². The first-order valence-corrected chi connectivity index (χ1v) is 13.3. The molecule has 2 N–H and O–H groups in total. The molecule has 0 saturated carbocycles. The Morgan fingerprint density at radius 1 is 1.18 bits per heavy atom. The quantitative estimate of drug-likeness (QED) is 0.484. The number of anilines is 1. The molecule has 3 rings (SSSR count). The van der Waals surface area contributed by atoms with Gasteiger partial charge in [-0.1, -0.05) is 25.1 Å². The van der Waals surface area contributed by atoms with E-state index in [1.54, 1.807) is 25.1 Å². The van der Waals surface area contributed by atoms with Crippen LogP contribution in [0.4, 0.5) is 5.69 Å². The molecule has 8 heteroatoms. The van der Waals surface area contributed by atoms with Crippen molar-refractivity contribution in [3.8, 4) is 5.75 Å². The normalized spacial score (nSPS) is 16.8. The van der Waals surface area contributed by atoms with Gasteiger partial charge in [0.15, 0.2) is 0 Å². The minimum Gasteiger partial charge on any atom is -0.494 e. The fourth-order valence-corrected chi connectivity index (χ4v) is 4.59. The maximum atomic E-state index is 12.4. The third-order valence-electron chi connectivity index (χ3n) is 5.70. The van der Waals surface area contributed by atoms with E-state index in [9.17, 15) is 13.2 Å². The van der Waals surface area contributed by atoms with Crippen LogP contribution in [0.15, 0.2) is 48.5 Å². The third-order valence-corrected chi connectivity index (χ3v) is 7.01. The summed E-state index contributed by atoms with van der Waals surface area (Å²) in [4.78, 5) is 14.9. The van der Waals surface area contributed by atoms with E-state index in [4.69, 9.17) is 4.74 Å². The lowest BCUT2D eigenvalue weighted by atomic mass is 10.00. The summed E-state index contributed by atoms with van der Waals surface area (Å²) in [5.74, 6) is 1.34. The fraction of sp³-hybridized carbons (Fsp3) is 0.480. The molecule has 0 bridgehead atoms. The van der Waals surface area contributed by atoms with Gasteiger partial charge in [0.1, 0.15) is 5.75 Å². The van der Waals surface area contributed by atoms with Gasteiger partial charge in [-0.3, -0.25) is 14.4 Å². The summed E-state index contributed by atoms with van der Waals surface area (Å²) in [6.45, 7) is 8.10. The van der Waals surface area contributed by atoms with Crippen LogP contribution in [-0.2, 0) is 16.6 Å². The van der Waals surface area contributed by atoms with Crippen molar-refractivity contribution in [2.45, 2.75) is 39.7 Å². The third kappa shape index (κ3) is 8.37. The molecule has 1 saturated heterocycles. The lowest BCUT2D eigenvalue weighted by Crippen LogP contribution is -2.33. The molecule has 1 unspecified atom stereocenters. The van der Waals surface area contributed by atoms with Crippen molar-refractivity contribution < 1.29 is 17.9 Å². The molecule has 180 valence electrons.